The smallest absolute Gasteiger partial charge is 0.183 e. The molecule has 0 atom stereocenters. The first-order valence-electron chi connectivity index (χ1n) is 3.27. The molecule has 5 heteroatoms. The van der Waals surface area contributed by atoms with Crippen LogP contribution in [0.2, 0.25) is 0 Å². The number of para-hydroxylation sites is 1. The normalized spacial score (nSPS) is 9.08. The Hall–Kier alpha value is -1.00. The molecular formula is C7H8ClN3S. The summed E-state index contributed by atoms with van der Waals surface area (Å²) in [7, 11) is 0. The Kier molecular flexibility index (Phi) is 3.13. The maximum Gasteiger partial charge on any atom is 0.183 e. The van der Waals surface area contributed by atoms with Crippen molar-refractivity contribution in [1.82, 2.24) is 5.43 Å². The monoisotopic (exact) mass is 201 g/mol. The Balaban J connectivity index is 2.65. The average Bonchev–Trinajstić information content (AvgIpc) is 2.05. The predicted molar refractivity (Wildman–Crippen MR) is 54.7 cm³/mol. The molecule has 12 heavy (non-hydrogen) atoms. The summed E-state index contributed by atoms with van der Waals surface area (Å²) in [5.41, 5.74) is 8.58. The topological polar surface area (TPSA) is 41.3 Å². The van der Waals surface area contributed by atoms with Gasteiger partial charge in [-0.05, 0) is 24.4 Å². The van der Waals surface area contributed by atoms with E-state index in [1.54, 1.807) is 0 Å². The van der Waals surface area contributed by atoms with Crippen LogP contribution in [-0.4, -0.2) is 5.11 Å². The molecule has 0 aromatic heterocycles. The molecule has 0 radical (unpaired) electrons. The van der Waals surface area contributed by atoms with E-state index in [9.17, 15) is 0 Å². The SMILES string of the molecule is NC(=S)NN(Cl)c1ccccc1. The van der Waals surface area contributed by atoms with E-state index in [2.05, 4.69) is 17.6 Å². The standard InChI is InChI=1S/C7H8ClN3S/c8-11(10-7(9)12)6-4-2-1-3-5-6/h1-5H,(H3,9,10,12). The van der Waals surface area contributed by atoms with E-state index in [1.165, 1.54) is 4.53 Å². The van der Waals surface area contributed by atoms with Crippen molar-refractivity contribution in [3.63, 3.8) is 0 Å². The van der Waals surface area contributed by atoms with Crippen LogP contribution >= 0.6 is 24.0 Å². The molecule has 3 nitrogen and oxygen atoms in total. The first-order valence-corrected chi connectivity index (χ1v) is 4.02. The molecule has 0 heterocycles. The summed E-state index contributed by atoms with van der Waals surface area (Å²) in [6, 6.07) is 9.30. The van der Waals surface area contributed by atoms with Crippen molar-refractivity contribution in [2.24, 2.45) is 5.73 Å². The summed E-state index contributed by atoms with van der Waals surface area (Å²) in [5, 5.41) is 0.133. The predicted octanol–water partition coefficient (Wildman–Crippen LogP) is 1.40. The second-order valence-corrected chi connectivity index (χ2v) is 2.87. The highest BCUT2D eigenvalue weighted by Crippen LogP contribution is 2.11. The molecule has 3 N–H and O–H groups in total. The number of anilines is 1. The van der Waals surface area contributed by atoms with E-state index in [0.717, 1.165) is 5.69 Å². The number of nitrogens with two attached hydrogens (primary N) is 1. The molecule has 0 saturated carbocycles. The van der Waals surface area contributed by atoms with Gasteiger partial charge in [0.15, 0.2) is 5.11 Å². The largest absolute Gasteiger partial charge is 0.375 e. The third kappa shape index (κ3) is 2.56. The minimum Gasteiger partial charge on any atom is -0.375 e. The zero-order chi connectivity index (χ0) is 8.97. The number of hydrogen-bond donors (Lipinski definition) is 2. The number of hydrazine groups is 1. The van der Waals surface area contributed by atoms with Crippen LogP contribution in [0.25, 0.3) is 0 Å². The molecule has 1 aromatic carbocycles. The number of thiocarbonyl (C=S) groups is 1. The maximum atomic E-state index is 5.76. The Morgan fingerprint density at radius 2 is 2.00 bits per heavy atom. The summed E-state index contributed by atoms with van der Waals surface area (Å²) >= 11 is 10.4. The number of rotatable bonds is 2. The minimum absolute atomic E-state index is 0.133. The molecule has 0 bridgehead atoms. The molecule has 0 unspecified atom stereocenters. The third-order valence-electron chi connectivity index (χ3n) is 1.19. The van der Waals surface area contributed by atoms with Crippen molar-refractivity contribution in [3.8, 4) is 0 Å². The molecule has 0 spiro atoms. The summed E-state index contributed by atoms with van der Waals surface area (Å²) in [4.78, 5) is 0. The number of benzene rings is 1. The molecule has 0 aliphatic rings. The zero-order valence-corrected chi connectivity index (χ0v) is 7.77. The number of hydrogen-bond acceptors (Lipinski definition) is 2. The summed E-state index contributed by atoms with van der Waals surface area (Å²) in [6.45, 7) is 0. The molecule has 0 saturated heterocycles. The van der Waals surface area contributed by atoms with Crippen LogP contribution in [0.1, 0.15) is 0 Å². The van der Waals surface area contributed by atoms with E-state index in [-0.39, 0.29) is 5.11 Å². The highest BCUT2D eigenvalue weighted by atomic mass is 35.5. The molecule has 0 amide bonds. The van der Waals surface area contributed by atoms with Crippen LogP contribution in [0.3, 0.4) is 0 Å². The third-order valence-corrected chi connectivity index (χ3v) is 1.56. The molecule has 0 fully saturated rings. The molecule has 1 rings (SSSR count). The van der Waals surface area contributed by atoms with Gasteiger partial charge in [0.2, 0.25) is 0 Å². The van der Waals surface area contributed by atoms with E-state index in [0.29, 0.717) is 0 Å². The summed E-state index contributed by atoms with van der Waals surface area (Å²) < 4.78 is 1.24. The number of halogens is 1. The Morgan fingerprint density at radius 1 is 1.42 bits per heavy atom. The highest BCUT2D eigenvalue weighted by molar-refractivity contribution is 7.80. The van der Waals surface area contributed by atoms with Gasteiger partial charge in [-0.3, -0.25) is 5.43 Å². The van der Waals surface area contributed by atoms with Crippen LogP contribution < -0.4 is 15.7 Å². The highest BCUT2D eigenvalue weighted by Gasteiger charge is 2.00. The Bertz CT molecular complexity index is 265. The van der Waals surface area contributed by atoms with E-state index >= 15 is 0 Å². The lowest BCUT2D eigenvalue weighted by molar-refractivity contribution is 1.01. The van der Waals surface area contributed by atoms with E-state index < -0.39 is 0 Å². The van der Waals surface area contributed by atoms with E-state index in [1.807, 2.05) is 30.3 Å². The lowest BCUT2D eigenvalue weighted by atomic mass is 10.3. The first-order chi connectivity index (χ1) is 5.70. The lowest BCUT2D eigenvalue weighted by Gasteiger charge is -2.15. The van der Waals surface area contributed by atoms with Gasteiger partial charge in [-0.2, -0.15) is 4.53 Å². The minimum atomic E-state index is 0.133. The fourth-order valence-electron chi connectivity index (χ4n) is 0.720. The van der Waals surface area contributed by atoms with Crippen LogP contribution in [0, 0.1) is 0 Å². The molecule has 0 aliphatic carbocycles. The Morgan fingerprint density at radius 3 is 2.50 bits per heavy atom. The van der Waals surface area contributed by atoms with Crippen molar-refractivity contribution in [1.29, 1.82) is 0 Å². The van der Waals surface area contributed by atoms with Gasteiger partial charge in [-0.15, -0.1) is 0 Å². The Labute approximate surface area is 81.2 Å². The van der Waals surface area contributed by atoms with Crippen LogP contribution in [0.4, 0.5) is 5.69 Å². The lowest BCUT2D eigenvalue weighted by Crippen LogP contribution is -2.39. The van der Waals surface area contributed by atoms with Crippen molar-refractivity contribution >= 4 is 34.8 Å². The number of nitrogens with zero attached hydrogens (tertiary/aromatic N) is 1. The average molecular weight is 202 g/mol. The van der Waals surface area contributed by atoms with Gasteiger partial charge in [0.1, 0.15) is 0 Å². The second kappa shape index (κ2) is 4.13. The van der Waals surface area contributed by atoms with Crippen LogP contribution in [-0.2, 0) is 0 Å². The zero-order valence-electron chi connectivity index (χ0n) is 6.20. The van der Waals surface area contributed by atoms with Gasteiger partial charge < -0.3 is 5.73 Å². The maximum absolute atomic E-state index is 5.76. The summed E-state index contributed by atoms with van der Waals surface area (Å²) in [6.07, 6.45) is 0. The van der Waals surface area contributed by atoms with Crippen molar-refractivity contribution in [3.05, 3.63) is 30.3 Å². The van der Waals surface area contributed by atoms with Crippen molar-refractivity contribution < 1.29 is 0 Å². The van der Waals surface area contributed by atoms with Crippen molar-refractivity contribution in [2.75, 3.05) is 4.53 Å². The second-order valence-electron chi connectivity index (χ2n) is 2.09. The molecular weight excluding hydrogens is 194 g/mol. The summed E-state index contributed by atoms with van der Waals surface area (Å²) in [5.74, 6) is 0. The van der Waals surface area contributed by atoms with Gasteiger partial charge in [0, 0.05) is 11.8 Å². The fourth-order valence-corrected chi connectivity index (χ4v) is 1.07. The van der Waals surface area contributed by atoms with E-state index in [4.69, 9.17) is 17.5 Å². The molecule has 64 valence electrons. The number of nitrogens with one attached hydrogen (secondary N) is 1. The van der Waals surface area contributed by atoms with Crippen molar-refractivity contribution in [2.45, 2.75) is 0 Å². The fraction of sp³-hybridized carbons (Fsp3) is 0. The van der Waals surface area contributed by atoms with Gasteiger partial charge in [-0.25, -0.2) is 0 Å². The van der Waals surface area contributed by atoms with Crippen LogP contribution in [0.5, 0.6) is 0 Å². The molecule has 1 aromatic rings. The van der Waals surface area contributed by atoms with Gasteiger partial charge in [-0.1, -0.05) is 18.2 Å². The van der Waals surface area contributed by atoms with Gasteiger partial charge in [0.05, 0.1) is 5.69 Å². The molecule has 0 aliphatic heterocycles. The quantitative estimate of drug-likeness (QED) is 0.431. The van der Waals surface area contributed by atoms with Crippen LogP contribution in [0.15, 0.2) is 30.3 Å². The first kappa shape index (κ1) is 9.09. The van der Waals surface area contributed by atoms with Gasteiger partial charge in [0.25, 0.3) is 0 Å². The van der Waals surface area contributed by atoms with Gasteiger partial charge >= 0.3 is 0 Å².